The first-order valence-electron chi connectivity index (χ1n) is 6.43. The Morgan fingerprint density at radius 1 is 1.25 bits per heavy atom. The van der Waals surface area contributed by atoms with Crippen LogP contribution in [0.5, 0.6) is 0 Å². The Labute approximate surface area is 99.7 Å². The van der Waals surface area contributed by atoms with Gasteiger partial charge in [-0.3, -0.25) is 4.90 Å². The van der Waals surface area contributed by atoms with Crippen molar-refractivity contribution in [1.82, 2.24) is 9.80 Å². The van der Waals surface area contributed by atoms with Crippen molar-refractivity contribution in [2.45, 2.75) is 25.8 Å². The molecule has 4 heteroatoms. The lowest BCUT2D eigenvalue weighted by atomic mass is 10.2. The second-order valence-electron chi connectivity index (χ2n) is 4.65. The van der Waals surface area contributed by atoms with Crippen LogP contribution in [0.3, 0.4) is 0 Å². The van der Waals surface area contributed by atoms with Crippen molar-refractivity contribution in [3.8, 4) is 0 Å². The highest BCUT2D eigenvalue weighted by Crippen LogP contribution is 2.09. The van der Waals surface area contributed by atoms with Crippen molar-refractivity contribution in [2.75, 3.05) is 53.0 Å². The van der Waals surface area contributed by atoms with Crippen LogP contribution < -0.4 is 5.73 Å². The molecular formula is C12H27N3O. The van der Waals surface area contributed by atoms with E-state index >= 15 is 0 Å². The van der Waals surface area contributed by atoms with E-state index in [0.29, 0.717) is 6.04 Å². The fourth-order valence-electron chi connectivity index (χ4n) is 2.21. The minimum absolute atomic E-state index is 0.650. The zero-order valence-electron chi connectivity index (χ0n) is 10.8. The molecule has 16 heavy (non-hydrogen) atoms. The van der Waals surface area contributed by atoms with E-state index in [1.165, 1.54) is 26.2 Å². The zero-order chi connectivity index (χ0) is 11.8. The molecule has 1 aliphatic rings. The molecular weight excluding hydrogens is 202 g/mol. The van der Waals surface area contributed by atoms with Crippen LogP contribution in [0, 0.1) is 0 Å². The minimum atomic E-state index is 0.650. The number of methoxy groups -OCH3 is 1. The number of rotatable bonds is 7. The Balaban J connectivity index is 2.15. The van der Waals surface area contributed by atoms with Crippen LogP contribution in [0.25, 0.3) is 0 Å². The van der Waals surface area contributed by atoms with Gasteiger partial charge in [0.15, 0.2) is 0 Å². The summed E-state index contributed by atoms with van der Waals surface area (Å²) >= 11 is 0. The molecule has 0 saturated carbocycles. The van der Waals surface area contributed by atoms with E-state index in [0.717, 1.165) is 32.5 Å². The molecule has 1 atom stereocenters. The van der Waals surface area contributed by atoms with Crippen LogP contribution in [-0.4, -0.2) is 68.8 Å². The van der Waals surface area contributed by atoms with Gasteiger partial charge in [0.05, 0.1) is 0 Å². The van der Waals surface area contributed by atoms with Gasteiger partial charge in [-0.2, -0.15) is 0 Å². The van der Waals surface area contributed by atoms with Gasteiger partial charge >= 0.3 is 0 Å². The highest BCUT2D eigenvalue weighted by molar-refractivity contribution is 4.76. The predicted octanol–water partition coefficient (Wildman–Crippen LogP) is 0.378. The van der Waals surface area contributed by atoms with Gasteiger partial charge in [-0.25, -0.2) is 0 Å². The zero-order valence-corrected chi connectivity index (χ0v) is 10.8. The number of hydrogen-bond acceptors (Lipinski definition) is 4. The molecule has 1 fully saturated rings. The smallest absolute Gasteiger partial charge is 0.0477 e. The summed E-state index contributed by atoms with van der Waals surface area (Å²) in [5.74, 6) is 0. The molecule has 0 aromatic rings. The standard InChI is InChI=1S/C12H27N3O/c1-12(4-11-16-2)15-9-7-14(8-10-15)6-3-5-13/h12H,3-11,13H2,1-2H3. The largest absolute Gasteiger partial charge is 0.385 e. The van der Waals surface area contributed by atoms with Crippen molar-refractivity contribution in [3.63, 3.8) is 0 Å². The molecule has 0 aromatic carbocycles. The van der Waals surface area contributed by atoms with Gasteiger partial charge in [0, 0.05) is 45.9 Å². The van der Waals surface area contributed by atoms with Gasteiger partial charge in [-0.05, 0) is 32.9 Å². The molecule has 1 rings (SSSR count). The number of piperazine rings is 1. The first-order chi connectivity index (χ1) is 7.77. The first-order valence-corrected chi connectivity index (χ1v) is 6.43. The van der Waals surface area contributed by atoms with E-state index in [2.05, 4.69) is 16.7 Å². The molecule has 1 heterocycles. The Kier molecular flexibility index (Phi) is 6.96. The predicted molar refractivity (Wildman–Crippen MR) is 67.6 cm³/mol. The molecule has 0 spiro atoms. The summed E-state index contributed by atoms with van der Waals surface area (Å²) in [5, 5.41) is 0. The van der Waals surface area contributed by atoms with Gasteiger partial charge in [0.2, 0.25) is 0 Å². The summed E-state index contributed by atoms with van der Waals surface area (Å²) in [4.78, 5) is 5.09. The maximum atomic E-state index is 5.53. The highest BCUT2D eigenvalue weighted by atomic mass is 16.5. The van der Waals surface area contributed by atoms with Gasteiger partial charge in [-0.15, -0.1) is 0 Å². The molecule has 2 N–H and O–H groups in total. The van der Waals surface area contributed by atoms with E-state index in [1.807, 2.05) is 0 Å². The van der Waals surface area contributed by atoms with Crippen molar-refractivity contribution < 1.29 is 4.74 Å². The van der Waals surface area contributed by atoms with Crippen molar-refractivity contribution in [1.29, 1.82) is 0 Å². The van der Waals surface area contributed by atoms with Crippen LogP contribution >= 0.6 is 0 Å². The third-order valence-corrected chi connectivity index (χ3v) is 3.45. The van der Waals surface area contributed by atoms with Crippen molar-refractivity contribution >= 4 is 0 Å². The fourth-order valence-corrected chi connectivity index (χ4v) is 2.21. The Morgan fingerprint density at radius 2 is 1.94 bits per heavy atom. The molecule has 0 amide bonds. The lowest BCUT2D eigenvalue weighted by Gasteiger charge is -2.38. The molecule has 0 bridgehead atoms. The monoisotopic (exact) mass is 229 g/mol. The molecule has 0 aliphatic carbocycles. The lowest BCUT2D eigenvalue weighted by Crippen LogP contribution is -2.50. The van der Waals surface area contributed by atoms with Crippen LogP contribution in [0.15, 0.2) is 0 Å². The third-order valence-electron chi connectivity index (χ3n) is 3.45. The summed E-state index contributed by atoms with van der Waals surface area (Å²) in [6.45, 7) is 9.91. The van der Waals surface area contributed by atoms with Crippen LogP contribution in [0.4, 0.5) is 0 Å². The third kappa shape index (κ3) is 4.78. The summed E-state index contributed by atoms with van der Waals surface area (Å²) in [7, 11) is 1.78. The minimum Gasteiger partial charge on any atom is -0.385 e. The summed E-state index contributed by atoms with van der Waals surface area (Å²) in [6.07, 6.45) is 2.26. The quantitative estimate of drug-likeness (QED) is 0.685. The molecule has 1 saturated heterocycles. The molecule has 1 aliphatic heterocycles. The van der Waals surface area contributed by atoms with Crippen LogP contribution in [0.2, 0.25) is 0 Å². The molecule has 4 nitrogen and oxygen atoms in total. The average Bonchev–Trinajstić information content (AvgIpc) is 2.34. The van der Waals surface area contributed by atoms with Crippen LogP contribution in [0.1, 0.15) is 19.8 Å². The van der Waals surface area contributed by atoms with Gasteiger partial charge in [0.25, 0.3) is 0 Å². The Bertz CT molecular complexity index is 170. The number of nitrogens with zero attached hydrogens (tertiary/aromatic N) is 2. The average molecular weight is 229 g/mol. The van der Waals surface area contributed by atoms with Crippen molar-refractivity contribution in [2.24, 2.45) is 5.73 Å². The molecule has 0 radical (unpaired) electrons. The van der Waals surface area contributed by atoms with E-state index in [1.54, 1.807) is 7.11 Å². The summed E-state index contributed by atoms with van der Waals surface area (Å²) < 4.78 is 5.13. The molecule has 96 valence electrons. The van der Waals surface area contributed by atoms with Gasteiger partial charge in [0.1, 0.15) is 0 Å². The second-order valence-corrected chi connectivity index (χ2v) is 4.65. The summed E-state index contributed by atoms with van der Waals surface area (Å²) in [6, 6.07) is 0.650. The topological polar surface area (TPSA) is 41.7 Å². The maximum absolute atomic E-state index is 5.53. The second kappa shape index (κ2) is 8.01. The van der Waals surface area contributed by atoms with Gasteiger partial charge < -0.3 is 15.4 Å². The SMILES string of the molecule is COCCC(C)N1CCN(CCCN)CC1. The van der Waals surface area contributed by atoms with E-state index in [-0.39, 0.29) is 0 Å². The summed E-state index contributed by atoms with van der Waals surface area (Å²) in [5.41, 5.74) is 5.53. The highest BCUT2D eigenvalue weighted by Gasteiger charge is 2.20. The Hall–Kier alpha value is -0.160. The van der Waals surface area contributed by atoms with Crippen molar-refractivity contribution in [3.05, 3.63) is 0 Å². The first kappa shape index (κ1) is 13.9. The van der Waals surface area contributed by atoms with E-state index < -0.39 is 0 Å². The van der Waals surface area contributed by atoms with E-state index in [4.69, 9.17) is 10.5 Å². The Morgan fingerprint density at radius 3 is 2.50 bits per heavy atom. The number of hydrogen-bond donors (Lipinski definition) is 1. The normalized spacial score (nSPS) is 21.2. The maximum Gasteiger partial charge on any atom is 0.0477 e. The van der Waals surface area contributed by atoms with Crippen LogP contribution in [-0.2, 0) is 4.74 Å². The van der Waals surface area contributed by atoms with E-state index in [9.17, 15) is 0 Å². The van der Waals surface area contributed by atoms with Gasteiger partial charge in [-0.1, -0.05) is 0 Å². The molecule has 1 unspecified atom stereocenters. The lowest BCUT2D eigenvalue weighted by molar-refractivity contribution is 0.0825. The fraction of sp³-hybridized carbons (Fsp3) is 1.00. The molecule has 0 aromatic heterocycles. The number of nitrogens with two attached hydrogens (primary N) is 1. The number of ether oxygens (including phenoxy) is 1.